The van der Waals surface area contributed by atoms with Crippen molar-refractivity contribution in [2.75, 3.05) is 19.8 Å². The Morgan fingerprint density at radius 3 is 2.32 bits per heavy atom. The molecule has 0 spiro atoms. The van der Waals surface area contributed by atoms with Crippen LogP contribution in [0.5, 0.6) is 0 Å². The Hall–Kier alpha value is -1.59. The highest BCUT2D eigenvalue weighted by Gasteiger charge is 2.41. The van der Waals surface area contributed by atoms with Gasteiger partial charge in [-0.05, 0) is 26.7 Å². The van der Waals surface area contributed by atoms with Crippen LogP contribution in [0.3, 0.4) is 0 Å². The average molecular weight is 271 g/mol. The van der Waals surface area contributed by atoms with Crippen LogP contribution in [0.15, 0.2) is 0 Å². The maximum atomic E-state index is 11.9. The number of esters is 2. The largest absolute Gasteiger partial charge is 0.465 e. The lowest BCUT2D eigenvalue weighted by Gasteiger charge is -2.21. The van der Waals surface area contributed by atoms with Gasteiger partial charge in [0, 0.05) is 6.54 Å². The molecule has 19 heavy (non-hydrogen) atoms. The molecule has 1 saturated heterocycles. The molecule has 6 nitrogen and oxygen atoms in total. The molecule has 1 aliphatic heterocycles. The van der Waals surface area contributed by atoms with Gasteiger partial charge in [0.15, 0.2) is 5.92 Å². The standard InChI is InChI=1S/C13H21NO5/c1-3-18-12(16)10(13(17)19-4-2)9-7-5-6-8-14-11(9)15/h9-10H,3-8H2,1-2H3,(H,14,15). The highest BCUT2D eigenvalue weighted by atomic mass is 16.6. The van der Waals surface area contributed by atoms with E-state index in [0.717, 1.165) is 12.8 Å². The van der Waals surface area contributed by atoms with E-state index in [1.54, 1.807) is 13.8 Å². The number of rotatable bonds is 5. The number of amides is 1. The summed E-state index contributed by atoms with van der Waals surface area (Å²) >= 11 is 0. The first-order valence-corrected chi connectivity index (χ1v) is 6.72. The van der Waals surface area contributed by atoms with Crippen molar-refractivity contribution < 1.29 is 23.9 Å². The molecule has 6 heteroatoms. The van der Waals surface area contributed by atoms with E-state index in [1.807, 2.05) is 0 Å². The minimum absolute atomic E-state index is 0.170. The maximum absolute atomic E-state index is 11.9. The molecule has 0 radical (unpaired) electrons. The van der Waals surface area contributed by atoms with Crippen molar-refractivity contribution in [3.63, 3.8) is 0 Å². The van der Waals surface area contributed by atoms with Crippen LogP contribution >= 0.6 is 0 Å². The Morgan fingerprint density at radius 1 is 1.21 bits per heavy atom. The third-order valence-corrected chi connectivity index (χ3v) is 3.06. The zero-order valence-corrected chi connectivity index (χ0v) is 11.4. The minimum Gasteiger partial charge on any atom is -0.465 e. The number of hydrogen-bond acceptors (Lipinski definition) is 5. The highest BCUT2D eigenvalue weighted by Crippen LogP contribution is 2.24. The van der Waals surface area contributed by atoms with E-state index >= 15 is 0 Å². The topological polar surface area (TPSA) is 81.7 Å². The van der Waals surface area contributed by atoms with E-state index < -0.39 is 23.8 Å². The van der Waals surface area contributed by atoms with Gasteiger partial charge >= 0.3 is 11.9 Å². The molecule has 1 N–H and O–H groups in total. The van der Waals surface area contributed by atoms with Crippen LogP contribution in [-0.4, -0.2) is 37.6 Å². The predicted octanol–water partition coefficient (Wildman–Crippen LogP) is 0.645. The third kappa shape index (κ3) is 4.22. The van der Waals surface area contributed by atoms with Crippen molar-refractivity contribution in [2.45, 2.75) is 33.1 Å². The normalized spacial score (nSPS) is 19.5. The Kier molecular flexibility index (Phi) is 6.32. The summed E-state index contributed by atoms with van der Waals surface area (Å²) in [5.41, 5.74) is 0. The van der Waals surface area contributed by atoms with E-state index in [9.17, 15) is 14.4 Å². The summed E-state index contributed by atoms with van der Waals surface area (Å²) in [5.74, 6) is -3.48. The molecule has 1 aliphatic rings. The van der Waals surface area contributed by atoms with Crippen LogP contribution in [0, 0.1) is 11.8 Å². The van der Waals surface area contributed by atoms with Crippen LogP contribution in [0.2, 0.25) is 0 Å². The quantitative estimate of drug-likeness (QED) is 0.586. The Balaban J connectivity index is 2.89. The van der Waals surface area contributed by atoms with Gasteiger partial charge in [-0.3, -0.25) is 14.4 Å². The monoisotopic (exact) mass is 271 g/mol. The van der Waals surface area contributed by atoms with Gasteiger partial charge in [0.1, 0.15) is 0 Å². The number of carbonyl (C=O) groups is 3. The molecule has 1 amide bonds. The maximum Gasteiger partial charge on any atom is 0.321 e. The van der Waals surface area contributed by atoms with Gasteiger partial charge in [-0.15, -0.1) is 0 Å². The lowest BCUT2D eigenvalue weighted by molar-refractivity contribution is -0.166. The molecule has 0 saturated carbocycles. The van der Waals surface area contributed by atoms with Gasteiger partial charge in [-0.1, -0.05) is 6.42 Å². The van der Waals surface area contributed by atoms with Crippen LogP contribution in [0.1, 0.15) is 33.1 Å². The molecule has 1 heterocycles. The van der Waals surface area contributed by atoms with Gasteiger partial charge in [0.25, 0.3) is 0 Å². The zero-order chi connectivity index (χ0) is 14.3. The molecule has 1 unspecified atom stereocenters. The summed E-state index contributed by atoms with van der Waals surface area (Å²) in [5, 5.41) is 2.71. The molecule has 1 fully saturated rings. The lowest BCUT2D eigenvalue weighted by Crippen LogP contribution is -2.42. The zero-order valence-electron chi connectivity index (χ0n) is 11.4. The van der Waals surface area contributed by atoms with Crippen LogP contribution in [0.4, 0.5) is 0 Å². The van der Waals surface area contributed by atoms with Gasteiger partial charge < -0.3 is 14.8 Å². The Morgan fingerprint density at radius 2 is 1.79 bits per heavy atom. The average Bonchev–Trinajstić information content (AvgIpc) is 2.56. The fourth-order valence-electron chi connectivity index (χ4n) is 2.17. The van der Waals surface area contributed by atoms with Crippen molar-refractivity contribution in [3.8, 4) is 0 Å². The SMILES string of the molecule is CCOC(=O)C(C(=O)OCC)C1CCCCNC1=O. The molecular weight excluding hydrogens is 250 g/mol. The Bertz CT molecular complexity index is 324. The van der Waals surface area contributed by atoms with E-state index in [-0.39, 0.29) is 19.1 Å². The van der Waals surface area contributed by atoms with Crippen LogP contribution in [-0.2, 0) is 23.9 Å². The van der Waals surface area contributed by atoms with Crippen LogP contribution < -0.4 is 5.32 Å². The van der Waals surface area contributed by atoms with Crippen molar-refractivity contribution >= 4 is 17.8 Å². The first-order chi connectivity index (χ1) is 9.11. The molecule has 0 aromatic heterocycles. The van der Waals surface area contributed by atoms with Gasteiger partial charge in [0.2, 0.25) is 5.91 Å². The Labute approximate surface area is 112 Å². The molecule has 0 aromatic rings. The summed E-state index contributed by atoms with van der Waals surface area (Å²) in [6.45, 7) is 4.24. The molecule has 108 valence electrons. The summed E-state index contributed by atoms with van der Waals surface area (Å²) in [7, 11) is 0. The van der Waals surface area contributed by atoms with E-state index in [1.165, 1.54) is 0 Å². The van der Waals surface area contributed by atoms with E-state index in [2.05, 4.69) is 5.32 Å². The molecule has 1 atom stereocenters. The second kappa shape index (κ2) is 7.76. The smallest absolute Gasteiger partial charge is 0.321 e. The van der Waals surface area contributed by atoms with Gasteiger partial charge in [-0.25, -0.2) is 0 Å². The lowest BCUT2D eigenvalue weighted by atomic mass is 9.87. The number of hydrogen-bond donors (Lipinski definition) is 1. The number of carbonyl (C=O) groups excluding carboxylic acids is 3. The number of nitrogens with one attached hydrogen (secondary N) is 1. The molecule has 0 aliphatic carbocycles. The van der Waals surface area contributed by atoms with Crippen molar-refractivity contribution in [3.05, 3.63) is 0 Å². The van der Waals surface area contributed by atoms with Crippen molar-refractivity contribution in [2.24, 2.45) is 11.8 Å². The van der Waals surface area contributed by atoms with Crippen molar-refractivity contribution in [1.82, 2.24) is 5.32 Å². The molecule has 0 bridgehead atoms. The van der Waals surface area contributed by atoms with Gasteiger partial charge in [-0.2, -0.15) is 0 Å². The second-order valence-electron chi connectivity index (χ2n) is 4.38. The van der Waals surface area contributed by atoms with E-state index in [0.29, 0.717) is 13.0 Å². The molecular formula is C13H21NO5. The summed E-state index contributed by atoms with van der Waals surface area (Å²) in [4.78, 5) is 35.8. The van der Waals surface area contributed by atoms with E-state index in [4.69, 9.17) is 9.47 Å². The predicted molar refractivity (Wildman–Crippen MR) is 67.1 cm³/mol. The first kappa shape index (κ1) is 15.5. The number of ether oxygens (including phenoxy) is 2. The highest BCUT2D eigenvalue weighted by molar-refractivity contribution is 6.00. The van der Waals surface area contributed by atoms with Crippen LogP contribution in [0.25, 0.3) is 0 Å². The van der Waals surface area contributed by atoms with Crippen molar-refractivity contribution in [1.29, 1.82) is 0 Å². The first-order valence-electron chi connectivity index (χ1n) is 6.72. The van der Waals surface area contributed by atoms with Gasteiger partial charge in [0.05, 0.1) is 19.1 Å². The molecule has 0 aromatic carbocycles. The summed E-state index contributed by atoms with van der Waals surface area (Å²) in [6, 6.07) is 0. The summed E-state index contributed by atoms with van der Waals surface area (Å²) in [6.07, 6.45) is 2.13. The fourth-order valence-corrected chi connectivity index (χ4v) is 2.17. The summed E-state index contributed by atoms with van der Waals surface area (Å²) < 4.78 is 9.79. The minimum atomic E-state index is -1.15. The second-order valence-corrected chi connectivity index (χ2v) is 4.38. The molecule has 1 rings (SSSR count). The third-order valence-electron chi connectivity index (χ3n) is 3.06. The fraction of sp³-hybridized carbons (Fsp3) is 0.769.